The van der Waals surface area contributed by atoms with E-state index in [1.807, 2.05) is 13.8 Å². The first-order valence-corrected chi connectivity index (χ1v) is 23.8. The molecule has 1 saturated carbocycles. The summed E-state index contributed by atoms with van der Waals surface area (Å²) in [5.74, 6) is -5.59. The topological polar surface area (TPSA) is 323 Å². The van der Waals surface area contributed by atoms with E-state index in [2.05, 4.69) is 44.5 Å². The van der Waals surface area contributed by atoms with Gasteiger partial charge in [-0.3, -0.25) is 33.6 Å². The maximum atomic E-state index is 12.9. The number of carboxylic acid groups (broad SMARTS) is 3. The Morgan fingerprint density at radius 3 is 1.70 bits per heavy atom. The zero-order valence-corrected chi connectivity index (χ0v) is 40.6. The van der Waals surface area contributed by atoms with Crippen molar-refractivity contribution in [3.63, 3.8) is 0 Å². The molecule has 0 spiro atoms. The molecule has 4 atom stereocenters. The molecule has 0 aliphatic heterocycles. The first-order valence-electron chi connectivity index (χ1n) is 23.3. The maximum absolute atomic E-state index is 12.9. The van der Waals surface area contributed by atoms with Crippen molar-refractivity contribution in [3.8, 4) is 0 Å². The molecule has 0 aromatic heterocycles. The number of thiol groups is 1. The number of carbonyl (C=O) groups is 9. The van der Waals surface area contributed by atoms with Crippen molar-refractivity contribution in [1.29, 1.82) is 0 Å². The molecule has 0 heterocycles. The molecule has 4 unspecified atom stereocenters. The minimum Gasteiger partial charge on any atom is -0.481 e. The summed E-state index contributed by atoms with van der Waals surface area (Å²) in [5, 5.41) is 43.5. The Hall–Kier alpha value is -4.58. The lowest BCUT2D eigenvalue weighted by Gasteiger charge is -2.29. The lowest BCUT2D eigenvalue weighted by molar-refractivity contribution is -0.143. The molecule has 1 fully saturated rings. The summed E-state index contributed by atoms with van der Waals surface area (Å²) in [6, 6.07) is -2.30. The van der Waals surface area contributed by atoms with Gasteiger partial charge in [-0.15, -0.1) is 0 Å². The van der Waals surface area contributed by atoms with Crippen molar-refractivity contribution in [2.45, 2.75) is 128 Å². The summed E-state index contributed by atoms with van der Waals surface area (Å²) in [4.78, 5) is 107. The van der Waals surface area contributed by atoms with Crippen LogP contribution in [0.4, 0.5) is 0 Å². The third-order valence-electron chi connectivity index (χ3n) is 10.2. The Morgan fingerprint density at radius 1 is 0.597 bits per heavy atom. The van der Waals surface area contributed by atoms with Crippen molar-refractivity contribution < 1.29 is 77.4 Å². The van der Waals surface area contributed by atoms with Crippen LogP contribution in [0.15, 0.2) is 0 Å². The zero-order chi connectivity index (χ0) is 50.4. The number of ether oxygens (including phenoxy) is 4. The van der Waals surface area contributed by atoms with Gasteiger partial charge in [-0.05, 0) is 69.6 Å². The van der Waals surface area contributed by atoms with Crippen LogP contribution >= 0.6 is 12.6 Å². The van der Waals surface area contributed by atoms with Gasteiger partial charge in [-0.1, -0.05) is 27.7 Å². The number of nitrogens with one attached hydrogen (secondary N) is 6. The van der Waals surface area contributed by atoms with Gasteiger partial charge in [0.15, 0.2) is 0 Å². The van der Waals surface area contributed by atoms with Gasteiger partial charge in [0.05, 0.1) is 39.6 Å². The molecule has 67 heavy (non-hydrogen) atoms. The lowest BCUT2D eigenvalue weighted by Crippen LogP contribution is -2.45. The van der Waals surface area contributed by atoms with E-state index in [1.165, 1.54) is 0 Å². The number of carboxylic acids is 3. The average molecular weight is 979 g/mol. The van der Waals surface area contributed by atoms with Crippen LogP contribution in [0.3, 0.4) is 0 Å². The Morgan fingerprint density at radius 2 is 1.13 bits per heavy atom. The van der Waals surface area contributed by atoms with Crippen LogP contribution in [0, 0.1) is 17.8 Å². The Kier molecular flexibility index (Phi) is 36.7. The van der Waals surface area contributed by atoms with E-state index in [1.54, 1.807) is 13.8 Å². The summed E-state index contributed by atoms with van der Waals surface area (Å²) in [6.45, 7) is 9.01. The third-order valence-corrected chi connectivity index (χ3v) is 10.6. The van der Waals surface area contributed by atoms with Crippen LogP contribution in [0.25, 0.3) is 0 Å². The molecule has 0 bridgehead atoms. The van der Waals surface area contributed by atoms with Crippen LogP contribution < -0.4 is 31.9 Å². The van der Waals surface area contributed by atoms with Crippen molar-refractivity contribution >= 4 is 66.0 Å². The monoisotopic (exact) mass is 979 g/mol. The molecule has 0 aromatic carbocycles. The van der Waals surface area contributed by atoms with E-state index in [-0.39, 0.29) is 145 Å². The fourth-order valence-electron chi connectivity index (χ4n) is 6.68. The van der Waals surface area contributed by atoms with Crippen molar-refractivity contribution in [2.24, 2.45) is 17.8 Å². The van der Waals surface area contributed by atoms with E-state index < -0.39 is 41.8 Å². The maximum Gasteiger partial charge on any atom is 0.326 e. The van der Waals surface area contributed by atoms with Gasteiger partial charge in [0.1, 0.15) is 25.3 Å². The lowest BCUT2D eigenvalue weighted by atomic mass is 9.81. The van der Waals surface area contributed by atoms with Crippen molar-refractivity contribution in [2.75, 3.05) is 79.0 Å². The quantitative estimate of drug-likeness (QED) is 0.0305. The molecule has 1 aliphatic rings. The second-order valence-corrected chi connectivity index (χ2v) is 16.7. The first-order chi connectivity index (χ1) is 32.0. The number of unbranched alkanes of at least 4 members (excludes halogenated alkanes) is 1. The van der Waals surface area contributed by atoms with Crippen LogP contribution in [-0.4, -0.2) is 165 Å². The van der Waals surface area contributed by atoms with Gasteiger partial charge in [-0.2, -0.15) is 12.6 Å². The molecule has 0 aromatic rings. The minimum absolute atomic E-state index is 0.0192. The summed E-state index contributed by atoms with van der Waals surface area (Å²) in [6.07, 6.45) is 4.57. The fraction of sp³-hybridized carbons (Fsp3) is 0.795. The second-order valence-electron chi connectivity index (χ2n) is 15.9. The zero-order valence-electron chi connectivity index (χ0n) is 39.7. The van der Waals surface area contributed by atoms with Gasteiger partial charge in [0, 0.05) is 63.0 Å². The highest BCUT2D eigenvalue weighted by molar-refractivity contribution is 7.81. The predicted molar refractivity (Wildman–Crippen MR) is 248 cm³/mol. The molecule has 0 radical (unpaired) electrons. The molecule has 9 N–H and O–H groups in total. The second kappa shape index (κ2) is 39.4. The summed E-state index contributed by atoms with van der Waals surface area (Å²) in [5.41, 5.74) is 0. The highest BCUT2D eigenvalue weighted by Gasteiger charge is 2.30. The predicted octanol–water partition coefficient (Wildman–Crippen LogP) is 1.04. The number of rotatable bonds is 38. The number of hydrogen-bond donors (Lipinski definition) is 10. The van der Waals surface area contributed by atoms with E-state index >= 15 is 0 Å². The highest BCUT2D eigenvalue weighted by Crippen LogP contribution is 2.29. The first kappa shape index (κ1) is 62.4. The van der Waals surface area contributed by atoms with E-state index in [0.29, 0.717) is 64.5 Å². The van der Waals surface area contributed by atoms with Crippen LogP contribution in [0.1, 0.15) is 111 Å². The Labute approximate surface area is 399 Å². The molecule has 1 rings (SSSR count). The van der Waals surface area contributed by atoms with E-state index in [9.17, 15) is 53.4 Å². The van der Waals surface area contributed by atoms with Gasteiger partial charge in [0.25, 0.3) is 0 Å². The summed E-state index contributed by atoms with van der Waals surface area (Å²) < 4.78 is 21.2. The smallest absolute Gasteiger partial charge is 0.326 e. The summed E-state index contributed by atoms with van der Waals surface area (Å²) >= 11 is 4.42. The number of carbonyl (C=O) groups excluding carboxylic acids is 6. The Balaban J connectivity index is 0.0000215. The van der Waals surface area contributed by atoms with Gasteiger partial charge in [0.2, 0.25) is 35.4 Å². The molecule has 6 amide bonds. The van der Waals surface area contributed by atoms with E-state index in [4.69, 9.17) is 24.1 Å². The van der Waals surface area contributed by atoms with Gasteiger partial charge >= 0.3 is 17.9 Å². The third kappa shape index (κ3) is 34.4. The number of amides is 6. The Bertz CT molecular complexity index is 1490. The van der Waals surface area contributed by atoms with Crippen LogP contribution in [0.5, 0.6) is 0 Å². The number of aliphatic carboxylic acids is 3. The molecule has 0 saturated heterocycles. The van der Waals surface area contributed by atoms with Gasteiger partial charge < -0.3 is 66.2 Å². The largest absolute Gasteiger partial charge is 0.481 e. The average Bonchev–Trinajstić information content (AvgIpc) is 3.28. The molecule has 23 heteroatoms. The number of hydrogen-bond acceptors (Lipinski definition) is 14. The minimum atomic E-state index is -1.25. The molecular formula is C44H78N6O16S. The molecular weight excluding hydrogens is 901 g/mol. The standard InChI is InChI=1S/C42H72N6O16S.C2H6/c1-3-34(49)43-13-5-4-6-32(41(57)58)47-38(53)27-64-21-19-62-17-15-45-37(52)26-63-20-18-61-16-14-44-35(50)12-11-33(42(59)60)48-40(56)30-9-7-29(8-10-30)25-46-36(51)24-31(65)22-28(2)23-39(54)55;1-2/h28-33,65H,3-27H2,1-2H3,(H,43,49)(H,44,50)(H,45,52)(H,46,51)(H,47,53)(H,48,56)(H,54,55)(H,57,58)(H,59,60);1-2H3. The van der Waals surface area contributed by atoms with Crippen LogP contribution in [0.2, 0.25) is 0 Å². The van der Waals surface area contributed by atoms with Crippen molar-refractivity contribution in [3.05, 3.63) is 0 Å². The fourth-order valence-corrected chi connectivity index (χ4v) is 7.20. The van der Waals surface area contributed by atoms with Gasteiger partial charge in [-0.25, -0.2) is 9.59 Å². The highest BCUT2D eigenvalue weighted by atomic mass is 32.1. The van der Waals surface area contributed by atoms with Crippen molar-refractivity contribution in [1.82, 2.24) is 31.9 Å². The molecule has 1 aliphatic carbocycles. The molecule has 386 valence electrons. The molecule has 22 nitrogen and oxygen atoms in total. The van der Waals surface area contributed by atoms with Crippen LogP contribution in [-0.2, 0) is 62.1 Å². The summed E-state index contributed by atoms with van der Waals surface area (Å²) in [7, 11) is 0. The normalized spacial score (nSPS) is 16.1. The SMILES string of the molecule is CC.CCC(=O)NCCCCC(NC(=O)COCCOCCNC(=O)COCCOCCNC(=O)CCC(NC(=O)C1CCC(CNC(=O)CC(S)CC(C)CC(=O)O)CC1)C(=O)O)C(=O)O. The van der Waals surface area contributed by atoms with E-state index in [0.717, 1.165) is 0 Å².